The molecule has 0 atom stereocenters. The van der Waals surface area contributed by atoms with Gasteiger partial charge in [0.05, 0.1) is 78.0 Å². The summed E-state index contributed by atoms with van der Waals surface area (Å²) >= 11 is 0. The van der Waals surface area contributed by atoms with E-state index in [1.807, 2.05) is 0 Å². The molecule has 0 aliphatic rings. The SMILES string of the molecule is CNc1c(N=Nc2ccc(-c3ccc(N=Nc4cc(S(=O)(=O)O)c(N)c(N=Nc5ccc(N=Nc6ccc(S(=O)(=O)O)cc6)cc5)c4N)cc3S(=O)(=O)O)c(S(=O)(=O)O)c2)cc(S(=O)(=O)O)c(N)c1N=Nc1ccc(N=Nc2ccc(S(=O)(=O)O)cc2)cc1. The van der Waals surface area contributed by atoms with Gasteiger partial charge < -0.3 is 22.5 Å². The number of hydrogen-bond acceptors (Lipinski definition) is 28. The van der Waals surface area contributed by atoms with Gasteiger partial charge in [-0.3, -0.25) is 27.3 Å². The van der Waals surface area contributed by atoms with Gasteiger partial charge in [-0.05, 0) is 133 Å². The Balaban J connectivity index is 1.07. The van der Waals surface area contributed by atoms with E-state index in [1.165, 1.54) is 79.8 Å². The largest absolute Gasteiger partial charge is 0.396 e. The van der Waals surface area contributed by atoms with Crippen LogP contribution in [0.25, 0.3) is 11.1 Å². The molecule has 0 amide bonds. The van der Waals surface area contributed by atoms with Gasteiger partial charge in [0.2, 0.25) is 0 Å². The number of anilines is 4. The third kappa shape index (κ3) is 16.0. The Kier molecular flexibility index (Phi) is 18.5. The minimum Gasteiger partial charge on any atom is -0.396 e. The average molecular weight is 1330 g/mol. The predicted octanol–water partition coefficient (Wildman–Crippen LogP) is 12.1. The van der Waals surface area contributed by atoms with Crippen LogP contribution in [0.4, 0.5) is 91.0 Å². The van der Waals surface area contributed by atoms with E-state index in [2.05, 4.69) is 66.7 Å². The molecule has 0 radical (unpaired) electrons. The standard InChI is InChI=1S/C49H40N16O18S6/c1-53-47-39(25-43(89(81,82)83)46(52)49(47)65-59-29-8-4-27(5-9-29)55-57-31-12-18-35(19-13-31)85(69,70)71)63-61-33-15-21-37(41(23-33)87(75,76)77)36-20-14-32(22-40(36)86(72,73)74)60-62-38-24-42(88(78,79)80)45(51)48(44(38)50)64-58-28-6-2-26(3-7-28)54-56-30-10-16-34(17-11-30)84(66,67)68/h2-25,53H,50-52H2,1H3,(H,66,67,68)(H,69,70,71)(H,72,73,74)(H,75,76,77)(H,78,79,80)(H,81,82,83). The van der Waals surface area contributed by atoms with E-state index in [0.717, 1.165) is 54.6 Å². The number of nitrogens with zero attached hydrogens (tertiary/aromatic N) is 12. The summed E-state index contributed by atoms with van der Waals surface area (Å²) in [6.45, 7) is 0. The zero-order chi connectivity index (χ0) is 65.0. The molecule has 89 heavy (non-hydrogen) atoms. The summed E-state index contributed by atoms with van der Waals surface area (Å²) in [5.41, 5.74) is 14.1. The van der Waals surface area contributed by atoms with E-state index in [-0.39, 0.29) is 43.9 Å². The lowest BCUT2D eigenvalue weighted by Gasteiger charge is -2.13. The van der Waals surface area contributed by atoms with E-state index in [0.29, 0.717) is 23.9 Å². The van der Waals surface area contributed by atoms with Crippen LogP contribution in [0.1, 0.15) is 0 Å². The van der Waals surface area contributed by atoms with Gasteiger partial charge in [0.1, 0.15) is 42.3 Å². The number of hydrogen-bond donors (Lipinski definition) is 10. The Hall–Kier alpha value is -9.98. The van der Waals surface area contributed by atoms with Crippen LogP contribution in [0.3, 0.4) is 0 Å². The number of benzene rings is 8. The van der Waals surface area contributed by atoms with Crippen molar-refractivity contribution >= 4 is 152 Å². The van der Waals surface area contributed by atoms with Crippen LogP contribution < -0.4 is 22.5 Å². The lowest BCUT2D eigenvalue weighted by atomic mass is 10.0. The Bertz CT molecular complexity index is 5060. The first-order chi connectivity index (χ1) is 41.6. The summed E-state index contributed by atoms with van der Waals surface area (Å²) in [5.74, 6) is 0. The van der Waals surface area contributed by atoms with Crippen LogP contribution in [0.5, 0.6) is 0 Å². The molecule has 0 aliphatic heterocycles. The highest BCUT2D eigenvalue weighted by molar-refractivity contribution is 7.87. The molecule has 0 bridgehead atoms. The molecule has 8 aromatic rings. The number of rotatable bonds is 20. The van der Waals surface area contributed by atoms with Gasteiger partial charge >= 0.3 is 0 Å². The van der Waals surface area contributed by atoms with Crippen LogP contribution in [-0.4, -0.2) is 84.9 Å². The predicted molar refractivity (Wildman–Crippen MR) is 317 cm³/mol. The Morgan fingerprint density at radius 2 is 0.562 bits per heavy atom. The molecular weight excluding hydrogens is 1290 g/mol. The van der Waals surface area contributed by atoms with E-state index >= 15 is 0 Å². The van der Waals surface area contributed by atoms with Crippen molar-refractivity contribution in [2.75, 3.05) is 29.6 Å². The second-order valence-electron chi connectivity index (χ2n) is 17.8. The Morgan fingerprint density at radius 3 is 0.888 bits per heavy atom. The van der Waals surface area contributed by atoms with Crippen molar-refractivity contribution in [1.29, 1.82) is 0 Å². The fourth-order valence-electron chi connectivity index (χ4n) is 7.59. The summed E-state index contributed by atoms with van der Waals surface area (Å²) in [7, 11) is -28.5. The lowest BCUT2D eigenvalue weighted by molar-refractivity contribution is 0.480. The molecule has 0 saturated heterocycles. The van der Waals surface area contributed by atoms with E-state index in [9.17, 15) is 77.8 Å². The van der Waals surface area contributed by atoms with Crippen molar-refractivity contribution in [2.45, 2.75) is 29.4 Å². The monoisotopic (exact) mass is 1330 g/mol. The molecule has 460 valence electrons. The first kappa shape index (κ1) is 65.0. The first-order valence-electron chi connectivity index (χ1n) is 24.0. The summed E-state index contributed by atoms with van der Waals surface area (Å²) in [6, 6.07) is 27.9. The first-order valence-corrected chi connectivity index (χ1v) is 32.6. The smallest absolute Gasteiger partial charge is 0.296 e. The highest BCUT2D eigenvalue weighted by Crippen LogP contribution is 2.47. The van der Waals surface area contributed by atoms with Crippen LogP contribution in [0.15, 0.2) is 236 Å². The highest BCUT2D eigenvalue weighted by atomic mass is 32.2. The average Bonchev–Trinajstić information content (AvgIpc) is 1.08. The molecule has 0 saturated carbocycles. The Morgan fingerprint density at radius 1 is 0.292 bits per heavy atom. The van der Waals surface area contributed by atoms with E-state index in [4.69, 9.17) is 17.2 Å². The number of nitrogen functional groups attached to an aromatic ring is 3. The fraction of sp³-hybridized carbons (Fsp3) is 0.0204. The molecule has 34 nitrogen and oxygen atoms in total. The van der Waals surface area contributed by atoms with Gasteiger partial charge in [0, 0.05) is 18.2 Å². The Labute approximate surface area is 503 Å². The van der Waals surface area contributed by atoms with Crippen molar-refractivity contribution in [3.05, 3.63) is 146 Å². The second-order valence-corrected chi connectivity index (χ2v) is 26.2. The van der Waals surface area contributed by atoms with Gasteiger partial charge in [-0.2, -0.15) is 91.4 Å². The van der Waals surface area contributed by atoms with Crippen molar-refractivity contribution in [3.63, 3.8) is 0 Å². The lowest BCUT2D eigenvalue weighted by Crippen LogP contribution is -2.05. The van der Waals surface area contributed by atoms with Gasteiger partial charge in [-0.1, -0.05) is 12.1 Å². The zero-order valence-corrected chi connectivity index (χ0v) is 49.4. The second kappa shape index (κ2) is 25.4. The summed E-state index contributed by atoms with van der Waals surface area (Å²) in [6.07, 6.45) is 0. The van der Waals surface area contributed by atoms with Crippen LogP contribution in [0.2, 0.25) is 0 Å². The van der Waals surface area contributed by atoms with Crippen molar-refractivity contribution in [2.24, 2.45) is 61.4 Å². The number of nitrogens with two attached hydrogens (primary N) is 3. The topological polar surface area (TPSA) is 565 Å². The van der Waals surface area contributed by atoms with Crippen LogP contribution in [-0.2, 0) is 60.7 Å². The minimum atomic E-state index is -5.35. The van der Waals surface area contributed by atoms with E-state index in [1.54, 1.807) is 0 Å². The number of azo groups is 6. The van der Waals surface area contributed by atoms with Gasteiger partial charge in [0.25, 0.3) is 60.7 Å². The van der Waals surface area contributed by atoms with Crippen molar-refractivity contribution in [3.8, 4) is 11.1 Å². The molecule has 0 aromatic heterocycles. The maximum atomic E-state index is 13.0. The zero-order valence-electron chi connectivity index (χ0n) is 44.5. The molecule has 0 heterocycles. The molecule has 8 aromatic carbocycles. The molecule has 0 fully saturated rings. The molecule has 0 aliphatic carbocycles. The highest BCUT2D eigenvalue weighted by Gasteiger charge is 2.27. The minimum absolute atomic E-state index is 0.114. The summed E-state index contributed by atoms with van der Waals surface area (Å²) in [4.78, 5) is -4.64. The van der Waals surface area contributed by atoms with Gasteiger partial charge in [-0.15, -0.1) is 20.5 Å². The molecular formula is C49H40N16O18S6. The van der Waals surface area contributed by atoms with Crippen molar-refractivity contribution in [1.82, 2.24) is 0 Å². The van der Waals surface area contributed by atoms with Gasteiger partial charge in [-0.25, -0.2) is 0 Å². The third-order valence-corrected chi connectivity index (χ3v) is 17.1. The fourth-order valence-corrected chi connectivity index (χ4v) is 11.3. The molecule has 0 unspecified atom stereocenters. The summed E-state index contributed by atoms with van der Waals surface area (Å²) < 4.78 is 207. The maximum Gasteiger partial charge on any atom is 0.296 e. The summed E-state index contributed by atoms with van der Waals surface area (Å²) in [5, 5.41) is 50.6. The maximum absolute atomic E-state index is 13.0. The third-order valence-electron chi connectivity index (χ3n) is 11.8. The quantitative estimate of drug-likeness (QED) is 0.0192. The normalized spacial score (nSPS) is 13.1. The molecule has 0 spiro atoms. The van der Waals surface area contributed by atoms with Crippen LogP contribution in [0, 0.1) is 0 Å². The molecule has 8 rings (SSSR count). The van der Waals surface area contributed by atoms with E-state index < -0.39 is 143 Å². The van der Waals surface area contributed by atoms with Crippen LogP contribution >= 0.6 is 0 Å². The van der Waals surface area contributed by atoms with Gasteiger partial charge in [0.15, 0.2) is 0 Å². The van der Waals surface area contributed by atoms with Crippen molar-refractivity contribution < 1.29 is 77.8 Å². The number of nitrogens with one attached hydrogen (secondary N) is 1. The molecule has 13 N–H and O–H groups in total. The molecule has 40 heteroatoms.